The van der Waals surface area contributed by atoms with Crippen LogP contribution in [-0.4, -0.2) is 29.5 Å². The lowest BCUT2D eigenvalue weighted by atomic mass is 9.80. The van der Waals surface area contributed by atoms with Crippen molar-refractivity contribution in [2.24, 2.45) is 0 Å². The molecule has 1 saturated heterocycles. The second-order valence-electron chi connectivity index (χ2n) is 5.19. The summed E-state index contributed by atoms with van der Waals surface area (Å²) in [6, 6.07) is 7.48. The first-order valence-corrected chi connectivity index (χ1v) is 6.65. The summed E-state index contributed by atoms with van der Waals surface area (Å²) in [6.45, 7) is 3.51. The van der Waals surface area contributed by atoms with Gasteiger partial charge in [0.2, 0.25) is 0 Å². The highest BCUT2D eigenvalue weighted by Gasteiger charge is 2.36. The first-order valence-electron chi connectivity index (χ1n) is 6.28. The quantitative estimate of drug-likeness (QED) is 0.815. The van der Waals surface area contributed by atoms with Crippen molar-refractivity contribution in [3.05, 3.63) is 46.9 Å². The second-order valence-corrected chi connectivity index (χ2v) is 5.60. The van der Waals surface area contributed by atoms with Crippen LogP contribution in [0.25, 0.3) is 11.3 Å². The molecule has 20 heavy (non-hydrogen) atoms. The lowest BCUT2D eigenvalue weighted by Crippen LogP contribution is -2.44. The number of carbonyl (C=O) groups is 1. The van der Waals surface area contributed by atoms with Gasteiger partial charge in [-0.15, -0.1) is 0 Å². The molecule has 0 bridgehead atoms. The third-order valence-corrected chi connectivity index (χ3v) is 3.88. The van der Waals surface area contributed by atoms with Gasteiger partial charge in [0.25, 0.3) is 0 Å². The third kappa shape index (κ3) is 2.21. The molecule has 0 spiro atoms. The molecule has 0 radical (unpaired) electrons. The predicted molar refractivity (Wildman–Crippen MR) is 76.0 cm³/mol. The van der Waals surface area contributed by atoms with Crippen molar-refractivity contribution in [2.45, 2.75) is 12.3 Å². The summed E-state index contributed by atoms with van der Waals surface area (Å²) < 4.78 is 5.27. The standard InChI is InChI=1S/C15H13ClN2O2/c1-15(7-20-8-15)12-3-2-10(4-13(12)16)14-5-11(6-19)17-9-18-14/h2-6,9H,7-8H2,1H3. The molecular formula is C15H13ClN2O2. The Balaban J connectivity index is 1.99. The Labute approximate surface area is 121 Å². The molecule has 0 atom stereocenters. The minimum Gasteiger partial charge on any atom is -0.379 e. The topological polar surface area (TPSA) is 52.1 Å². The van der Waals surface area contributed by atoms with Crippen LogP contribution in [0.15, 0.2) is 30.6 Å². The van der Waals surface area contributed by atoms with E-state index in [4.69, 9.17) is 16.3 Å². The van der Waals surface area contributed by atoms with Crippen LogP contribution in [-0.2, 0) is 10.2 Å². The molecule has 5 heteroatoms. The van der Waals surface area contributed by atoms with Crippen LogP contribution in [0, 0.1) is 0 Å². The average molecular weight is 289 g/mol. The van der Waals surface area contributed by atoms with Gasteiger partial charge in [-0.25, -0.2) is 9.97 Å². The van der Waals surface area contributed by atoms with E-state index in [2.05, 4.69) is 16.9 Å². The fourth-order valence-corrected chi connectivity index (χ4v) is 2.73. The van der Waals surface area contributed by atoms with Crippen molar-refractivity contribution in [3.63, 3.8) is 0 Å². The number of rotatable bonds is 3. The van der Waals surface area contributed by atoms with E-state index in [9.17, 15) is 4.79 Å². The first-order chi connectivity index (χ1) is 9.62. The summed E-state index contributed by atoms with van der Waals surface area (Å²) >= 11 is 6.38. The van der Waals surface area contributed by atoms with E-state index in [1.54, 1.807) is 6.07 Å². The van der Waals surface area contributed by atoms with Gasteiger partial charge < -0.3 is 4.74 Å². The highest BCUT2D eigenvalue weighted by molar-refractivity contribution is 6.31. The molecule has 0 amide bonds. The van der Waals surface area contributed by atoms with E-state index in [1.807, 2.05) is 18.2 Å². The molecule has 0 saturated carbocycles. The summed E-state index contributed by atoms with van der Waals surface area (Å²) in [7, 11) is 0. The van der Waals surface area contributed by atoms with Crippen LogP contribution in [0.5, 0.6) is 0 Å². The Morgan fingerprint density at radius 2 is 2.10 bits per heavy atom. The molecule has 0 unspecified atom stereocenters. The van der Waals surface area contributed by atoms with Crippen molar-refractivity contribution < 1.29 is 9.53 Å². The largest absolute Gasteiger partial charge is 0.379 e. The normalized spacial score (nSPS) is 16.5. The van der Waals surface area contributed by atoms with Gasteiger partial charge >= 0.3 is 0 Å². The molecule has 0 aliphatic carbocycles. The smallest absolute Gasteiger partial charge is 0.168 e. The first kappa shape index (κ1) is 13.2. The summed E-state index contributed by atoms with van der Waals surface area (Å²) in [5, 5.41) is 0.694. The summed E-state index contributed by atoms with van der Waals surface area (Å²) in [5.74, 6) is 0. The van der Waals surface area contributed by atoms with Gasteiger partial charge in [0.15, 0.2) is 6.29 Å². The average Bonchev–Trinajstić information content (AvgIpc) is 2.45. The van der Waals surface area contributed by atoms with E-state index >= 15 is 0 Å². The SMILES string of the molecule is CC1(c2ccc(-c3cc(C=O)ncn3)cc2Cl)COC1. The fraction of sp³-hybridized carbons (Fsp3) is 0.267. The van der Waals surface area contributed by atoms with Crippen LogP contribution in [0.2, 0.25) is 5.02 Å². The van der Waals surface area contributed by atoms with E-state index in [0.717, 1.165) is 11.1 Å². The van der Waals surface area contributed by atoms with Gasteiger partial charge in [-0.1, -0.05) is 30.7 Å². The van der Waals surface area contributed by atoms with Gasteiger partial charge in [0.1, 0.15) is 12.0 Å². The van der Waals surface area contributed by atoms with Gasteiger partial charge in [0, 0.05) is 16.0 Å². The molecule has 2 aromatic rings. The molecule has 1 aliphatic heterocycles. The minimum atomic E-state index is -0.00472. The maximum absolute atomic E-state index is 10.8. The number of carbonyl (C=O) groups excluding carboxylic acids is 1. The number of hydrogen-bond acceptors (Lipinski definition) is 4. The fourth-order valence-electron chi connectivity index (χ4n) is 2.32. The molecule has 4 nitrogen and oxygen atoms in total. The summed E-state index contributed by atoms with van der Waals surface area (Å²) in [6.07, 6.45) is 2.08. The van der Waals surface area contributed by atoms with Gasteiger partial charge in [-0.3, -0.25) is 4.79 Å². The van der Waals surface area contributed by atoms with E-state index in [1.165, 1.54) is 6.33 Å². The van der Waals surface area contributed by atoms with Crippen molar-refractivity contribution in [1.82, 2.24) is 9.97 Å². The van der Waals surface area contributed by atoms with Crippen LogP contribution in [0.3, 0.4) is 0 Å². The van der Waals surface area contributed by atoms with Crippen LogP contribution < -0.4 is 0 Å². The lowest BCUT2D eigenvalue weighted by molar-refractivity contribution is -0.0499. The third-order valence-electron chi connectivity index (χ3n) is 3.57. The lowest BCUT2D eigenvalue weighted by Gasteiger charge is -2.39. The van der Waals surface area contributed by atoms with Crippen LogP contribution in [0.1, 0.15) is 23.0 Å². The van der Waals surface area contributed by atoms with Gasteiger partial charge in [-0.2, -0.15) is 0 Å². The Kier molecular flexibility index (Phi) is 3.28. The summed E-state index contributed by atoms with van der Waals surface area (Å²) in [4.78, 5) is 18.8. The van der Waals surface area contributed by atoms with Gasteiger partial charge in [-0.05, 0) is 17.7 Å². The molecule has 1 aromatic heterocycles. The molecule has 1 aromatic carbocycles. The van der Waals surface area contributed by atoms with Crippen LogP contribution in [0.4, 0.5) is 0 Å². The van der Waals surface area contributed by atoms with Crippen molar-refractivity contribution >= 4 is 17.9 Å². The number of nitrogens with zero attached hydrogens (tertiary/aromatic N) is 2. The number of halogens is 1. The minimum absolute atomic E-state index is 0.00472. The number of benzene rings is 1. The number of hydrogen-bond donors (Lipinski definition) is 0. The Morgan fingerprint density at radius 3 is 2.70 bits per heavy atom. The molecule has 1 aliphatic rings. The molecule has 3 rings (SSSR count). The number of ether oxygens (including phenoxy) is 1. The van der Waals surface area contributed by atoms with Crippen molar-refractivity contribution in [3.8, 4) is 11.3 Å². The summed E-state index contributed by atoms with van der Waals surface area (Å²) in [5.41, 5.74) is 2.99. The Morgan fingerprint density at radius 1 is 1.30 bits per heavy atom. The number of aromatic nitrogens is 2. The maximum atomic E-state index is 10.8. The number of aldehydes is 1. The van der Waals surface area contributed by atoms with E-state index in [0.29, 0.717) is 35.9 Å². The molecule has 1 fully saturated rings. The van der Waals surface area contributed by atoms with Gasteiger partial charge in [0.05, 0.1) is 18.9 Å². The molecule has 2 heterocycles. The van der Waals surface area contributed by atoms with E-state index in [-0.39, 0.29) is 5.41 Å². The zero-order valence-electron chi connectivity index (χ0n) is 11.0. The zero-order valence-corrected chi connectivity index (χ0v) is 11.7. The maximum Gasteiger partial charge on any atom is 0.168 e. The van der Waals surface area contributed by atoms with Crippen molar-refractivity contribution in [2.75, 3.05) is 13.2 Å². The van der Waals surface area contributed by atoms with Crippen LogP contribution >= 0.6 is 11.6 Å². The second kappa shape index (κ2) is 4.96. The Hall–Kier alpha value is -1.78. The predicted octanol–water partition coefficient (Wildman–Crippen LogP) is 2.90. The monoisotopic (exact) mass is 288 g/mol. The molecule has 102 valence electrons. The molecule has 0 N–H and O–H groups in total. The highest BCUT2D eigenvalue weighted by Crippen LogP contribution is 2.37. The molecular weight excluding hydrogens is 276 g/mol. The Bertz CT molecular complexity index is 669. The highest BCUT2D eigenvalue weighted by atomic mass is 35.5. The van der Waals surface area contributed by atoms with E-state index < -0.39 is 0 Å². The zero-order chi connectivity index (χ0) is 14.2. The van der Waals surface area contributed by atoms with Crippen molar-refractivity contribution in [1.29, 1.82) is 0 Å².